The maximum Gasteiger partial charge on any atom is 0.159 e. The highest BCUT2D eigenvalue weighted by Crippen LogP contribution is 2.24. The Kier molecular flexibility index (Phi) is 6.74. The van der Waals surface area contributed by atoms with Crippen molar-refractivity contribution in [3.05, 3.63) is 101 Å². The van der Waals surface area contributed by atoms with Gasteiger partial charge in [-0.2, -0.15) is 0 Å². The van der Waals surface area contributed by atoms with Crippen LogP contribution in [0.25, 0.3) is 22.0 Å². The minimum Gasteiger partial charge on any atom is -0.256 e. The van der Waals surface area contributed by atoms with Gasteiger partial charge in [0, 0.05) is 17.3 Å². The van der Waals surface area contributed by atoms with Gasteiger partial charge in [-0.05, 0) is 71.6 Å². The summed E-state index contributed by atoms with van der Waals surface area (Å²) in [5.74, 6) is 1.72. The van der Waals surface area contributed by atoms with Crippen molar-refractivity contribution < 1.29 is 17.6 Å². The first-order chi connectivity index (χ1) is 15.9. The molecule has 33 heavy (non-hydrogen) atoms. The standard InChI is InChI=1S/C28H21F4N/c1-2-3-4-5-19-8-11-28(33-17-19)22-15-24(29)23(25(30)16-22)10-7-18-6-9-20-13-26(31)27(32)14-21(20)12-18/h6,8-9,11-17H,2-5H2,1H3. The van der Waals surface area contributed by atoms with Crippen molar-refractivity contribution in [3.8, 4) is 23.1 Å². The Morgan fingerprint density at radius 1 is 0.727 bits per heavy atom. The highest BCUT2D eigenvalue weighted by molar-refractivity contribution is 5.84. The summed E-state index contributed by atoms with van der Waals surface area (Å²) in [7, 11) is 0. The van der Waals surface area contributed by atoms with E-state index in [1.807, 2.05) is 6.07 Å². The van der Waals surface area contributed by atoms with Crippen molar-refractivity contribution in [2.45, 2.75) is 32.6 Å². The van der Waals surface area contributed by atoms with E-state index in [4.69, 9.17) is 0 Å². The molecule has 0 unspecified atom stereocenters. The van der Waals surface area contributed by atoms with E-state index in [2.05, 4.69) is 23.7 Å². The van der Waals surface area contributed by atoms with Crippen molar-refractivity contribution in [2.24, 2.45) is 0 Å². The second-order valence-electron chi connectivity index (χ2n) is 7.90. The molecule has 0 aliphatic rings. The predicted molar refractivity (Wildman–Crippen MR) is 123 cm³/mol. The largest absolute Gasteiger partial charge is 0.256 e. The number of rotatable bonds is 5. The molecule has 0 atom stereocenters. The Morgan fingerprint density at radius 3 is 2.12 bits per heavy atom. The molecule has 0 fully saturated rings. The fourth-order valence-corrected chi connectivity index (χ4v) is 3.62. The molecular weight excluding hydrogens is 426 g/mol. The van der Waals surface area contributed by atoms with Gasteiger partial charge in [-0.15, -0.1) is 0 Å². The highest BCUT2D eigenvalue weighted by atomic mass is 19.2. The van der Waals surface area contributed by atoms with Gasteiger partial charge in [-0.1, -0.05) is 43.7 Å². The van der Waals surface area contributed by atoms with Crippen molar-refractivity contribution >= 4 is 10.8 Å². The van der Waals surface area contributed by atoms with Crippen LogP contribution in [0.3, 0.4) is 0 Å². The molecule has 0 bridgehead atoms. The molecule has 1 nitrogen and oxygen atoms in total. The summed E-state index contributed by atoms with van der Waals surface area (Å²) in [6.45, 7) is 2.14. The molecule has 0 aliphatic carbocycles. The van der Waals surface area contributed by atoms with Crippen molar-refractivity contribution in [2.75, 3.05) is 0 Å². The van der Waals surface area contributed by atoms with Crippen LogP contribution in [0.2, 0.25) is 0 Å². The maximum atomic E-state index is 14.7. The molecule has 0 saturated carbocycles. The number of halogens is 4. The Bertz CT molecular complexity index is 1340. The number of aryl methyl sites for hydroxylation is 1. The fourth-order valence-electron chi connectivity index (χ4n) is 3.62. The second kappa shape index (κ2) is 9.87. The molecule has 0 N–H and O–H groups in total. The molecule has 1 heterocycles. The molecule has 3 aromatic carbocycles. The van der Waals surface area contributed by atoms with Gasteiger partial charge in [-0.25, -0.2) is 17.6 Å². The zero-order chi connectivity index (χ0) is 23.4. The van der Waals surface area contributed by atoms with Crippen LogP contribution in [-0.2, 0) is 6.42 Å². The zero-order valence-electron chi connectivity index (χ0n) is 18.1. The average molecular weight is 447 g/mol. The topological polar surface area (TPSA) is 12.9 Å². The van der Waals surface area contributed by atoms with Crippen molar-refractivity contribution in [1.29, 1.82) is 0 Å². The number of hydrogen-bond donors (Lipinski definition) is 0. The Hall–Kier alpha value is -3.65. The number of fused-ring (bicyclic) bond motifs is 1. The third-order valence-corrected chi connectivity index (χ3v) is 5.44. The molecule has 0 aliphatic heterocycles. The summed E-state index contributed by atoms with van der Waals surface area (Å²) in [6, 6.07) is 13.0. The lowest BCUT2D eigenvalue weighted by atomic mass is 10.0. The minimum atomic E-state index is -0.970. The summed E-state index contributed by atoms with van der Waals surface area (Å²) < 4.78 is 56.2. The van der Waals surface area contributed by atoms with E-state index in [1.165, 1.54) is 12.1 Å². The van der Waals surface area contributed by atoms with Gasteiger partial charge in [0.2, 0.25) is 0 Å². The first kappa shape index (κ1) is 22.5. The molecule has 166 valence electrons. The Balaban J connectivity index is 1.58. The smallest absolute Gasteiger partial charge is 0.159 e. The third kappa shape index (κ3) is 5.23. The second-order valence-corrected chi connectivity index (χ2v) is 7.90. The summed E-state index contributed by atoms with van der Waals surface area (Å²) in [5, 5.41) is 0.950. The van der Waals surface area contributed by atoms with Crippen LogP contribution in [0.15, 0.2) is 60.8 Å². The molecule has 1 aromatic heterocycles. The van der Waals surface area contributed by atoms with Gasteiger partial charge in [0.1, 0.15) is 11.6 Å². The summed E-state index contributed by atoms with van der Waals surface area (Å²) in [6.07, 6.45) is 6.03. The van der Waals surface area contributed by atoms with Gasteiger partial charge in [0.25, 0.3) is 0 Å². The van der Waals surface area contributed by atoms with Crippen LogP contribution in [0, 0.1) is 35.1 Å². The lowest BCUT2D eigenvalue weighted by molar-refractivity contribution is 0.511. The Labute approximate surface area is 190 Å². The van der Waals surface area contributed by atoms with Crippen molar-refractivity contribution in [3.63, 3.8) is 0 Å². The summed E-state index contributed by atoms with van der Waals surface area (Å²) >= 11 is 0. The lowest BCUT2D eigenvalue weighted by Crippen LogP contribution is -1.94. The number of benzene rings is 3. The SMILES string of the molecule is CCCCCc1ccc(-c2cc(F)c(C#Cc3ccc4cc(F)c(F)cc4c3)c(F)c2)nc1. The molecule has 4 rings (SSSR count). The average Bonchev–Trinajstić information content (AvgIpc) is 2.80. The van der Waals surface area contributed by atoms with E-state index in [1.54, 1.807) is 30.5 Å². The van der Waals surface area contributed by atoms with E-state index >= 15 is 0 Å². The monoisotopic (exact) mass is 447 g/mol. The van der Waals surface area contributed by atoms with E-state index < -0.39 is 23.3 Å². The van der Waals surface area contributed by atoms with E-state index in [0.29, 0.717) is 27.6 Å². The molecule has 0 amide bonds. The minimum absolute atomic E-state index is 0.332. The molecular formula is C28H21F4N. The summed E-state index contributed by atoms with van der Waals surface area (Å²) in [4.78, 5) is 4.35. The normalized spacial score (nSPS) is 10.8. The molecule has 0 spiro atoms. The van der Waals surface area contributed by atoms with Gasteiger partial charge in [0.05, 0.1) is 11.3 Å². The molecule has 5 heteroatoms. The van der Waals surface area contributed by atoms with Crippen molar-refractivity contribution in [1.82, 2.24) is 4.98 Å². The van der Waals surface area contributed by atoms with Crippen LogP contribution in [0.1, 0.15) is 42.9 Å². The maximum absolute atomic E-state index is 14.7. The quantitative estimate of drug-likeness (QED) is 0.174. The van der Waals surface area contributed by atoms with Gasteiger partial charge in [-0.3, -0.25) is 4.98 Å². The first-order valence-electron chi connectivity index (χ1n) is 10.8. The van der Waals surface area contributed by atoms with Crippen LogP contribution < -0.4 is 0 Å². The van der Waals surface area contributed by atoms with E-state index in [9.17, 15) is 17.6 Å². The van der Waals surface area contributed by atoms with Crippen LogP contribution >= 0.6 is 0 Å². The predicted octanol–water partition coefficient (Wildman–Crippen LogP) is 7.59. The first-order valence-corrected chi connectivity index (χ1v) is 10.8. The third-order valence-electron chi connectivity index (χ3n) is 5.44. The number of hydrogen-bond acceptors (Lipinski definition) is 1. The molecule has 0 saturated heterocycles. The number of nitrogens with zero attached hydrogens (tertiary/aromatic N) is 1. The van der Waals surface area contributed by atoms with Gasteiger partial charge >= 0.3 is 0 Å². The highest BCUT2D eigenvalue weighted by Gasteiger charge is 2.12. The number of aromatic nitrogens is 1. The van der Waals surface area contributed by atoms with Gasteiger partial charge in [0.15, 0.2) is 11.6 Å². The molecule has 4 aromatic rings. The number of pyridine rings is 1. The van der Waals surface area contributed by atoms with Crippen LogP contribution in [0.5, 0.6) is 0 Å². The zero-order valence-corrected chi connectivity index (χ0v) is 18.1. The fraction of sp³-hybridized carbons (Fsp3) is 0.179. The Morgan fingerprint density at radius 2 is 1.45 bits per heavy atom. The lowest BCUT2D eigenvalue weighted by Gasteiger charge is -2.06. The molecule has 0 radical (unpaired) electrons. The van der Waals surface area contributed by atoms with E-state index in [0.717, 1.165) is 43.4 Å². The summed E-state index contributed by atoms with van der Waals surface area (Å²) in [5.41, 5.74) is 1.97. The van der Waals surface area contributed by atoms with Gasteiger partial charge < -0.3 is 0 Å². The van der Waals surface area contributed by atoms with E-state index in [-0.39, 0.29) is 5.56 Å². The van der Waals surface area contributed by atoms with Crippen LogP contribution in [0.4, 0.5) is 17.6 Å². The number of unbranched alkanes of at least 4 members (excludes halogenated alkanes) is 2. The van der Waals surface area contributed by atoms with Crippen LogP contribution in [-0.4, -0.2) is 4.98 Å².